The first kappa shape index (κ1) is 20.8. The van der Waals surface area contributed by atoms with Gasteiger partial charge >= 0.3 is 0 Å². The first-order valence-corrected chi connectivity index (χ1v) is 10.8. The van der Waals surface area contributed by atoms with Crippen LogP contribution in [0.15, 0.2) is 72.8 Å². The molecule has 0 saturated heterocycles. The number of carbonyl (C=O) groups is 2. The summed E-state index contributed by atoms with van der Waals surface area (Å²) in [6, 6.07) is 22.2. The molecule has 0 fully saturated rings. The van der Waals surface area contributed by atoms with Crippen LogP contribution in [0.3, 0.4) is 0 Å². The average Bonchev–Trinajstić information content (AvgIpc) is 3.32. The number of para-hydroxylation sites is 2. The second-order valence-electron chi connectivity index (χ2n) is 8.18. The fourth-order valence-electron chi connectivity index (χ4n) is 4.18. The third kappa shape index (κ3) is 3.93. The first-order valence-electron chi connectivity index (χ1n) is 10.8. The minimum atomic E-state index is -0.656. The highest BCUT2D eigenvalue weighted by molar-refractivity contribution is 6.05. The van der Waals surface area contributed by atoms with Crippen LogP contribution in [0.4, 0.5) is 11.6 Å². The van der Waals surface area contributed by atoms with Gasteiger partial charge in [-0.15, -0.1) is 0 Å². The molecule has 1 aromatic heterocycles. The summed E-state index contributed by atoms with van der Waals surface area (Å²) in [4.78, 5) is 32.7. The van der Waals surface area contributed by atoms with Gasteiger partial charge in [-0.3, -0.25) is 19.1 Å². The third-order valence-corrected chi connectivity index (χ3v) is 5.90. The topological polar surface area (TPSA) is 76.5 Å². The van der Waals surface area contributed by atoms with Crippen LogP contribution < -0.4 is 15.0 Å². The van der Waals surface area contributed by atoms with Gasteiger partial charge in [-0.1, -0.05) is 42.0 Å². The molecule has 166 valence electrons. The molecular formula is C26H24N4O3. The molecule has 0 spiro atoms. The molecule has 0 bridgehead atoms. The molecule has 0 aliphatic carbocycles. The Morgan fingerprint density at radius 3 is 2.48 bits per heavy atom. The maximum absolute atomic E-state index is 13.5. The van der Waals surface area contributed by atoms with Crippen molar-refractivity contribution >= 4 is 34.5 Å². The fourth-order valence-corrected chi connectivity index (χ4v) is 4.18. The van der Waals surface area contributed by atoms with Crippen molar-refractivity contribution in [2.45, 2.75) is 25.9 Å². The van der Waals surface area contributed by atoms with E-state index in [0.717, 1.165) is 27.9 Å². The Labute approximate surface area is 191 Å². The highest BCUT2D eigenvalue weighted by Crippen LogP contribution is 2.37. The summed E-state index contributed by atoms with van der Waals surface area (Å²) in [5, 5.41) is 2.91. The van der Waals surface area contributed by atoms with Crippen LogP contribution in [0.5, 0.6) is 5.75 Å². The summed E-state index contributed by atoms with van der Waals surface area (Å²) in [5.74, 6) is 0.958. The number of ether oxygens (including phenoxy) is 1. The zero-order valence-corrected chi connectivity index (χ0v) is 18.5. The summed E-state index contributed by atoms with van der Waals surface area (Å²) in [7, 11) is 1.62. The van der Waals surface area contributed by atoms with Crippen LogP contribution in [0.2, 0.25) is 0 Å². The largest absolute Gasteiger partial charge is 0.497 e. The Morgan fingerprint density at radius 2 is 1.76 bits per heavy atom. The lowest BCUT2D eigenvalue weighted by Gasteiger charge is -2.16. The van der Waals surface area contributed by atoms with E-state index in [1.54, 1.807) is 12.0 Å². The molecule has 2 amide bonds. The lowest BCUT2D eigenvalue weighted by molar-refractivity contribution is -0.124. The Balaban J connectivity index is 1.45. The Morgan fingerprint density at radius 1 is 1.03 bits per heavy atom. The number of hydrogen-bond acceptors (Lipinski definition) is 4. The zero-order chi connectivity index (χ0) is 22.9. The fraction of sp³-hybridized carbons (Fsp3) is 0.192. The normalized spacial score (nSPS) is 15.0. The number of nitrogens with one attached hydrogen (secondary N) is 1. The Hall–Kier alpha value is -4.13. The van der Waals surface area contributed by atoms with E-state index in [0.29, 0.717) is 18.2 Å². The smallest absolute Gasteiger partial charge is 0.253 e. The number of amides is 2. The number of hydrogen-bond donors (Lipinski definition) is 1. The van der Waals surface area contributed by atoms with E-state index < -0.39 is 6.04 Å². The molecule has 4 aromatic rings. The van der Waals surface area contributed by atoms with Crippen molar-refractivity contribution in [3.63, 3.8) is 0 Å². The average molecular weight is 441 g/mol. The molecule has 0 unspecified atom stereocenters. The number of aromatic nitrogens is 2. The number of aryl methyl sites for hydroxylation is 1. The van der Waals surface area contributed by atoms with Crippen LogP contribution in [0.1, 0.15) is 23.6 Å². The molecule has 1 N–H and O–H groups in total. The maximum Gasteiger partial charge on any atom is 0.253 e. The molecule has 5 rings (SSSR count). The van der Waals surface area contributed by atoms with Gasteiger partial charge in [-0.2, -0.15) is 0 Å². The van der Waals surface area contributed by atoms with Crippen molar-refractivity contribution in [2.75, 3.05) is 17.3 Å². The van der Waals surface area contributed by atoms with Crippen LogP contribution >= 0.6 is 0 Å². The third-order valence-electron chi connectivity index (χ3n) is 5.90. The number of benzene rings is 3. The van der Waals surface area contributed by atoms with Crippen molar-refractivity contribution in [1.29, 1.82) is 0 Å². The quantitative estimate of drug-likeness (QED) is 0.480. The highest BCUT2D eigenvalue weighted by atomic mass is 16.5. The second-order valence-corrected chi connectivity index (χ2v) is 8.18. The number of imidazole rings is 1. The molecule has 1 atom stereocenters. The summed E-state index contributed by atoms with van der Waals surface area (Å²) in [6.45, 7) is 2.36. The SMILES string of the molecule is COc1ccc(CN2C(=O)[C@H](CC(=O)Nc3ccc(C)cc3)n3c2nc2ccccc23)cc1. The van der Waals surface area contributed by atoms with E-state index in [4.69, 9.17) is 9.72 Å². The van der Waals surface area contributed by atoms with Gasteiger partial charge < -0.3 is 10.1 Å². The van der Waals surface area contributed by atoms with Gasteiger partial charge in [0.25, 0.3) is 5.91 Å². The number of fused-ring (bicyclic) bond motifs is 3. The van der Waals surface area contributed by atoms with Crippen molar-refractivity contribution in [2.24, 2.45) is 0 Å². The number of anilines is 2. The van der Waals surface area contributed by atoms with Crippen LogP contribution in [-0.4, -0.2) is 28.5 Å². The Bertz CT molecular complexity index is 1330. The summed E-state index contributed by atoms with van der Waals surface area (Å²) < 4.78 is 7.12. The molecule has 0 saturated carbocycles. The van der Waals surface area contributed by atoms with Crippen molar-refractivity contribution in [3.05, 3.63) is 83.9 Å². The van der Waals surface area contributed by atoms with Crippen LogP contribution in [-0.2, 0) is 16.1 Å². The lowest BCUT2D eigenvalue weighted by Crippen LogP contribution is -2.31. The van der Waals surface area contributed by atoms with Gasteiger partial charge in [0.2, 0.25) is 11.9 Å². The lowest BCUT2D eigenvalue weighted by atomic mass is 10.1. The molecule has 1 aliphatic rings. The highest BCUT2D eigenvalue weighted by Gasteiger charge is 2.40. The van der Waals surface area contributed by atoms with E-state index in [-0.39, 0.29) is 18.2 Å². The predicted octanol–water partition coefficient (Wildman–Crippen LogP) is 4.47. The molecule has 2 heterocycles. The van der Waals surface area contributed by atoms with Crippen LogP contribution in [0.25, 0.3) is 11.0 Å². The molecule has 33 heavy (non-hydrogen) atoms. The van der Waals surface area contributed by atoms with Crippen molar-refractivity contribution in [3.8, 4) is 5.75 Å². The van der Waals surface area contributed by atoms with E-state index in [2.05, 4.69) is 5.32 Å². The monoisotopic (exact) mass is 440 g/mol. The van der Waals surface area contributed by atoms with Gasteiger partial charge in [0.1, 0.15) is 11.8 Å². The summed E-state index contributed by atoms with van der Waals surface area (Å²) >= 11 is 0. The summed E-state index contributed by atoms with van der Waals surface area (Å²) in [6.07, 6.45) is 0.0270. The predicted molar refractivity (Wildman–Crippen MR) is 127 cm³/mol. The van der Waals surface area contributed by atoms with Crippen molar-refractivity contribution in [1.82, 2.24) is 9.55 Å². The standard InChI is InChI=1S/C26H24N4O3/c1-17-7-11-19(12-8-17)27-24(31)15-23-25(32)29(16-18-9-13-20(33-2)14-10-18)26-28-21-5-3-4-6-22(21)30(23)26/h3-14,23H,15-16H2,1-2H3,(H,27,31)/t23-/m0/s1. The minimum Gasteiger partial charge on any atom is -0.497 e. The molecule has 1 aliphatic heterocycles. The van der Waals surface area contributed by atoms with Crippen LogP contribution in [0, 0.1) is 6.92 Å². The minimum absolute atomic E-state index is 0.0270. The van der Waals surface area contributed by atoms with Gasteiger partial charge in [-0.05, 0) is 48.9 Å². The second kappa shape index (κ2) is 8.43. The zero-order valence-electron chi connectivity index (χ0n) is 18.5. The van der Waals surface area contributed by atoms with Gasteiger partial charge in [0, 0.05) is 5.69 Å². The molecular weight excluding hydrogens is 416 g/mol. The number of methoxy groups -OCH3 is 1. The van der Waals surface area contributed by atoms with Gasteiger partial charge in [-0.25, -0.2) is 4.98 Å². The molecule has 0 radical (unpaired) electrons. The first-order chi connectivity index (χ1) is 16.0. The Kier molecular flexibility index (Phi) is 5.30. The maximum atomic E-state index is 13.5. The molecule has 7 nitrogen and oxygen atoms in total. The van der Waals surface area contributed by atoms with Gasteiger partial charge in [0.05, 0.1) is 31.1 Å². The van der Waals surface area contributed by atoms with Crippen molar-refractivity contribution < 1.29 is 14.3 Å². The molecule has 7 heteroatoms. The van der Waals surface area contributed by atoms with E-state index in [1.807, 2.05) is 84.3 Å². The molecule has 3 aromatic carbocycles. The summed E-state index contributed by atoms with van der Waals surface area (Å²) in [5.41, 5.74) is 4.41. The van der Waals surface area contributed by atoms with E-state index in [9.17, 15) is 9.59 Å². The van der Waals surface area contributed by atoms with E-state index in [1.165, 1.54) is 0 Å². The van der Waals surface area contributed by atoms with Gasteiger partial charge in [0.15, 0.2) is 0 Å². The number of carbonyl (C=O) groups excluding carboxylic acids is 2. The number of rotatable bonds is 6. The van der Waals surface area contributed by atoms with E-state index >= 15 is 0 Å². The number of nitrogens with zero attached hydrogens (tertiary/aromatic N) is 3.